The zero-order chi connectivity index (χ0) is 26.7. The van der Waals surface area contributed by atoms with Crippen molar-refractivity contribution in [3.63, 3.8) is 0 Å². The van der Waals surface area contributed by atoms with Crippen LogP contribution in [0.2, 0.25) is 0 Å². The number of likely N-dealkylation sites (tertiary alicyclic amines) is 1. The van der Waals surface area contributed by atoms with Gasteiger partial charge in [0.15, 0.2) is 17.2 Å². The quantitative estimate of drug-likeness (QED) is 0.378. The number of hydrogen-bond donors (Lipinski definition) is 1. The number of ketones is 1. The fraction of sp³-hybridized carbons (Fsp3) is 0.333. The monoisotopic (exact) mass is 509 g/mol. The van der Waals surface area contributed by atoms with Crippen LogP contribution in [0, 0.1) is 0 Å². The predicted octanol–water partition coefficient (Wildman–Crippen LogP) is 5.08. The highest BCUT2D eigenvalue weighted by Crippen LogP contribution is 2.40. The first-order valence-electron chi connectivity index (χ1n) is 13.0. The van der Waals surface area contributed by atoms with E-state index in [1.807, 2.05) is 86.5 Å². The Kier molecular flexibility index (Phi) is 5.52. The number of para-hydroxylation sites is 1. The van der Waals surface area contributed by atoms with Gasteiger partial charge in [0.2, 0.25) is 0 Å². The van der Waals surface area contributed by atoms with Crippen molar-refractivity contribution in [1.29, 1.82) is 0 Å². The number of pyridine rings is 1. The van der Waals surface area contributed by atoms with Crippen LogP contribution >= 0.6 is 0 Å². The highest BCUT2D eigenvalue weighted by molar-refractivity contribution is 6.07. The summed E-state index contributed by atoms with van der Waals surface area (Å²) in [4.78, 5) is 33.5. The molecule has 38 heavy (non-hydrogen) atoms. The molecule has 2 aliphatic rings. The Balaban J connectivity index is 1.26. The van der Waals surface area contributed by atoms with Gasteiger partial charge in [0.1, 0.15) is 5.60 Å². The Bertz CT molecular complexity index is 1560. The second kappa shape index (κ2) is 8.68. The van der Waals surface area contributed by atoms with Gasteiger partial charge in [-0.25, -0.2) is 4.98 Å². The molecule has 0 bridgehead atoms. The van der Waals surface area contributed by atoms with Gasteiger partial charge in [-0.1, -0.05) is 30.3 Å². The maximum atomic E-state index is 13.9. The lowest BCUT2D eigenvalue weighted by atomic mass is 9.83. The Morgan fingerprint density at radius 3 is 2.47 bits per heavy atom. The molecule has 0 aliphatic carbocycles. The molecule has 2 aliphatic heterocycles. The van der Waals surface area contributed by atoms with Gasteiger partial charge >= 0.3 is 0 Å². The van der Waals surface area contributed by atoms with Crippen molar-refractivity contribution >= 4 is 28.3 Å². The van der Waals surface area contributed by atoms with Crippen LogP contribution in [0.25, 0.3) is 22.2 Å². The molecule has 0 radical (unpaired) electrons. The molecule has 0 unspecified atom stereocenters. The van der Waals surface area contributed by atoms with Crippen LogP contribution in [0.1, 0.15) is 60.9 Å². The van der Waals surface area contributed by atoms with E-state index in [-0.39, 0.29) is 23.7 Å². The summed E-state index contributed by atoms with van der Waals surface area (Å²) in [5.41, 5.74) is 9.10. The first-order valence-corrected chi connectivity index (χ1v) is 13.0. The second-order valence-electron chi connectivity index (χ2n) is 11.3. The average molecular weight is 510 g/mol. The number of carbonyl (C=O) groups excluding carboxylic acids is 2. The Labute approximate surface area is 221 Å². The van der Waals surface area contributed by atoms with E-state index in [4.69, 9.17) is 15.5 Å². The number of amides is 1. The molecule has 2 aromatic carbocycles. The number of rotatable bonds is 2. The first kappa shape index (κ1) is 24.2. The van der Waals surface area contributed by atoms with Crippen molar-refractivity contribution in [2.45, 2.75) is 51.2 Å². The van der Waals surface area contributed by atoms with E-state index in [1.165, 1.54) is 0 Å². The standard InChI is InChI=1S/C30H31N5O3/c1-29(2,3)35-18-26-27(33-35)25(36)17-30(38-26)12-14-34(15-13-30)28(37)22-16-24(19-8-10-20(31)11-9-19)32-23-7-5-4-6-21(22)23/h4-11,16,18H,12-15,17,31H2,1-3H3. The minimum absolute atomic E-state index is 0.00212. The lowest BCUT2D eigenvalue weighted by Crippen LogP contribution is -2.52. The average Bonchev–Trinajstić information content (AvgIpc) is 3.34. The van der Waals surface area contributed by atoms with Crippen molar-refractivity contribution in [1.82, 2.24) is 19.7 Å². The normalized spacial score (nSPS) is 16.9. The van der Waals surface area contributed by atoms with E-state index in [0.29, 0.717) is 48.6 Å². The molecular formula is C30H31N5O3. The van der Waals surface area contributed by atoms with Gasteiger partial charge in [0, 0.05) is 42.6 Å². The number of nitrogens with zero attached hydrogens (tertiary/aromatic N) is 4. The number of aromatic nitrogens is 3. The van der Waals surface area contributed by atoms with Crippen molar-refractivity contribution in [2.75, 3.05) is 18.8 Å². The maximum Gasteiger partial charge on any atom is 0.254 e. The summed E-state index contributed by atoms with van der Waals surface area (Å²) >= 11 is 0. The third-order valence-electron chi connectivity index (χ3n) is 7.56. The molecule has 1 amide bonds. The van der Waals surface area contributed by atoms with Gasteiger partial charge in [-0.15, -0.1) is 0 Å². The minimum atomic E-state index is -0.609. The Morgan fingerprint density at radius 2 is 1.76 bits per heavy atom. The molecule has 1 fully saturated rings. The van der Waals surface area contributed by atoms with Gasteiger partial charge in [-0.05, 0) is 45.0 Å². The van der Waals surface area contributed by atoms with Crippen molar-refractivity contribution in [2.24, 2.45) is 0 Å². The lowest BCUT2D eigenvalue weighted by molar-refractivity contribution is -0.00581. The fourth-order valence-corrected chi connectivity index (χ4v) is 5.34. The summed E-state index contributed by atoms with van der Waals surface area (Å²) in [5, 5.41) is 5.32. The van der Waals surface area contributed by atoms with Crippen LogP contribution in [0.4, 0.5) is 5.69 Å². The van der Waals surface area contributed by atoms with Crippen LogP contribution in [0.3, 0.4) is 0 Å². The number of benzene rings is 2. The minimum Gasteiger partial charge on any atom is -0.483 e. The molecule has 0 atom stereocenters. The van der Waals surface area contributed by atoms with Crippen LogP contribution in [-0.2, 0) is 5.54 Å². The van der Waals surface area contributed by atoms with Gasteiger partial charge in [-0.3, -0.25) is 14.3 Å². The van der Waals surface area contributed by atoms with E-state index < -0.39 is 5.60 Å². The summed E-state index contributed by atoms with van der Waals surface area (Å²) in [6.45, 7) is 7.12. The van der Waals surface area contributed by atoms with E-state index in [9.17, 15) is 9.59 Å². The SMILES string of the molecule is CC(C)(C)n1cc2c(n1)C(=O)CC1(CCN(C(=O)c3cc(-c4ccc(N)cc4)nc4ccccc34)CC1)O2. The third-order valence-corrected chi connectivity index (χ3v) is 7.56. The van der Waals surface area contributed by atoms with Crippen LogP contribution in [0.5, 0.6) is 5.75 Å². The first-order chi connectivity index (χ1) is 18.1. The van der Waals surface area contributed by atoms with E-state index in [1.54, 1.807) is 4.68 Å². The fourth-order valence-electron chi connectivity index (χ4n) is 5.34. The number of ether oxygens (including phenoxy) is 1. The number of nitrogen functional groups attached to an aromatic ring is 1. The molecule has 4 aromatic rings. The second-order valence-corrected chi connectivity index (χ2v) is 11.3. The maximum absolute atomic E-state index is 13.9. The highest BCUT2D eigenvalue weighted by Gasteiger charge is 2.45. The number of carbonyl (C=O) groups is 2. The van der Waals surface area contributed by atoms with E-state index in [0.717, 1.165) is 22.2 Å². The summed E-state index contributed by atoms with van der Waals surface area (Å²) in [6, 6.07) is 17.1. The molecule has 0 saturated carbocycles. The van der Waals surface area contributed by atoms with Crippen molar-refractivity contribution in [3.05, 3.63) is 72.1 Å². The molecule has 8 nitrogen and oxygen atoms in total. The topological polar surface area (TPSA) is 103 Å². The zero-order valence-corrected chi connectivity index (χ0v) is 21.9. The Hall–Kier alpha value is -4.20. The third kappa shape index (κ3) is 4.20. The van der Waals surface area contributed by atoms with Gasteiger partial charge in [0.25, 0.3) is 5.91 Å². The number of nitrogens with two attached hydrogens (primary N) is 1. The number of anilines is 1. The molecule has 2 aromatic heterocycles. The Morgan fingerprint density at radius 1 is 1.05 bits per heavy atom. The van der Waals surface area contributed by atoms with Gasteiger partial charge in [0.05, 0.1) is 34.9 Å². The number of piperidine rings is 1. The van der Waals surface area contributed by atoms with Crippen LogP contribution < -0.4 is 10.5 Å². The molecule has 6 rings (SSSR count). The summed E-state index contributed by atoms with van der Waals surface area (Å²) in [7, 11) is 0. The van der Waals surface area contributed by atoms with Crippen molar-refractivity contribution in [3.8, 4) is 17.0 Å². The molecule has 2 N–H and O–H groups in total. The van der Waals surface area contributed by atoms with Gasteiger partial charge in [-0.2, -0.15) is 5.10 Å². The lowest BCUT2D eigenvalue weighted by Gasteiger charge is -2.43. The molecular weight excluding hydrogens is 478 g/mol. The highest BCUT2D eigenvalue weighted by atomic mass is 16.5. The number of hydrogen-bond acceptors (Lipinski definition) is 6. The van der Waals surface area contributed by atoms with E-state index >= 15 is 0 Å². The molecule has 8 heteroatoms. The van der Waals surface area contributed by atoms with Crippen molar-refractivity contribution < 1.29 is 14.3 Å². The molecule has 1 saturated heterocycles. The number of Topliss-reactive ketones (excluding diaryl/α,β-unsaturated/α-hetero) is 1. The predicted molar refractivity (Wildman–Crippen MR) is 146 cm³/mol. The van der Waals surface area contributed by atoms with Gasteiger partial charge < -0.3 is 15.4 Å². The molecule has 4 heterocycles. The summed E-state index contributed by atoms with van der Waals surface area (Å²) < 4.78 is 8.23. The molecule has 1 spiro atoms. The smallest absolute Gasteiger partial charge is 0.254 e. The number of fused-ring (bicyclic) bond motifs is 2. The summed E-state index contributed by atoms with van der Waals surface area (Å²) in [6.07, 6.45) is 3.27. The van der Waals surface area contributed by atoms with Crippen LogP contribution in [-0.4, -0.2) is 50.0 Å². The van der Waals surface area contributed by atoms with E-state index in [2.05, 4.69) is 5.10 Å². The zero-order valence-electron chi connectivity index (χ0n) is 21.9. The molecule has 194 valence electrons. The summed E-state index contributed by atoms with van der Waals surface area (Å²) in [5.74, 6) is 0.505. The largest absolute Gasteiger partial charge is 0.483 e. The van der Waals surface area contributed by atoms with Crippen LogP contribution in [0.15, 0.2) is 60.8 Å².